The normalized spacial score (nSPS) is 34.1. The fourth-order valence-corrected chi connectivity index (χ4v) is 6.57. The predicted molar refractivity (Wildman–Crippen MR) is 184 cm³/mol. The molecule has 332 valence electrons. The summed E-state index contributed by atoms with van der Waals surface area (Å²) >= 11 is 0. The van der Waals surface area contributed by atoms with E-state index in [1.165, 1.54) is 13.8 Å². The van der Waals surface area contributed by atoms with Gasteiger partial charge in [0.05, 0.1) is 12.2 Å². The second kappa shape index (κ2) is 21.3. The quantitative estimate of drug-likeness (QED) is 0.159. The minimum absolute atomic E-state index is 0.669. The maximum Gasteiger partial charge on any atom is 0.305 e. The maximum absolute atomic E-state index is 12.9. The zero-order valence-electron chi connectivity index (χ0n) is 34.3. The first-order chi connectivity index (χ1) is 27.5. The zero-order valence-corrected chi connectivity index (χ0v) is 34.3. The van der Waals surface area contributed by atoms with Gasteiger partial charge in [-0.05, 0) is 13.8 Å². The van der Waals surface area contributed by atoms with Gasteiger partial charge in [0.1, 0.15) is 18.8 Å². The molecule has 3 fully saturated rings. The van der Waals surface area contributed by atoms with Crippen LogP contribution in [-0.2, 0) is 109 Å². The second-order valence-electron chi connectivity index (χ2n) is 13.6. The summed E-state index contributed by atoms with van der Waals surface area (Å²) in [6, 6.07) is 0. The van der Waals surface area contributed by atoms with Gasteiger partial charge in [-0.2, -0.15) is 0 Å². The molecular formula is C36H50O23. The molecule has 0 spiro atoms. The highest BCUT2D eigenvalue weighted by Crippen LogP contribution is 2.38. The third-order valence-electron chi connectivity index (χ3n) is 8.48. The average Bonchev–Trinajstić information content (AvgIpc) is 3.07. The third kappa shape index (κ3) is 13.8. The van der Waals surface area contributed by atoms with Crippen LogP contribution in [0.2, 0.25) is 0 Å². The molecule has 23 heteroatoms. The van der Waals surface area contributed by atoms with Crippen LogP contribution in [-0.4, -0.2) is 152 Å². The van der Waals surface area contributed by atoms with Crippen LogP contribution in [0, 0.1) is 0 Å². The van der Waals surface area contributed by atoms with Gasteiger partial charge >= 0.3 is 53.7 Å². The lowest BCUT2D eigenvalue weighted by molar-refractivity contribution is -0.380. The molecule has 0 aliphatic carbocycles. The van der Waals surface area contributed by atoms with Crippen molar-refractivity contribution >= 4 is 53.7 Å². The molecule has 0 N–H and O–H groups in total. The van der Waals surface area contributed by atoms with Crippen molar-refractivity contribution in [2.75, 3.05) is 6.61 Å². The van der Waals surface area contributed by atoms with Gasteiger partial charge in [0.2, 0.25) is 6.29 Å². The predicted octanol–water partition coefficient (Wildman–Crippen LogP) is -0.381. The smallest absolute Gasteiger partial charge is 0.305 e. The lowest BCUT2D eigenvalue weighted by Crippen LogP contribution is -2.68. The first-order valence-electron chi connectivity index (χ1n) is 18.3. The Hall–Kier alpha value is -4.97. The lowest BCUT2D eigenvalue weighted by atomic mass is 9.95. The molecule has 0 saturated carbocycles. The van der Waals surface area contributed by atoms with E-state index >= 15 is 0 Å². The van der Waals surface area contributed by atoms with E-state index in [2.05, 4.69) is 0 Å². The van der Waals surface area contributed by atoms with E-state index in [4.69, 9.17) is 66.3 Å². The van der Waals surface area contributed by atoms with E-state index in [0.717, 1.165) is 62.3 Å². The first-order valence-corrected chi connectivity index (χ1v) is 18.3. The van der Waals surface area contributed by atoms with Crippen LogP contribution in [0.25, 0.3) is 0 Å². The summed E-state index contributed by atoms with van der Waals surface area (Å²) < 4.78 is 79.8. The highest BCUT2D eigenvalue weighted by atomic mass is 16.8. The maximum atomic E-state index is 12.9. The van der Waals surface area contributed by atoms with Crippen LogP contribution in [0.1, 0.15) is 76.2 Å². The van der Waals surface area contributed by atoms with Crippen LogP contribution in [0.15, 0.2) is 0 Å². The Morgan fingerprint density at radius 2 is 0.644 bits per heavy atom. The van der Waals surface area contributed by atoms with E-state index in [9.17, 15) is 43.2 Å². The number of hydrogen-bond donors (Lipinski definition) is 0. The van der Waals surface area contributed by atoms with Crippen molar-refractivity contribution in [1.29, 1.82) is 0 Å². The van der Waals surface area contributed by atoms with E-state index in [1.807, 2.05) is 0 Å². The summed E-state index contributed by atoms with van der Waals surface area (Å²) in [5.41, 5.74) is 0. The summed E-state index contributed by atoms with van der Waals surface area (Å²) in [6.07, 6.45) is -23.9. The Bertz CT molecular complexity index is 1580. The molecule has 0 aromatic heterocycles. The van der Waals surface area contributed by atoms with Crippen molar-refractivity contribution in [3.8, 4) is 0 Å². The average molecular weight is 851 g/mol. The topological polar surface area (TPSA) is 283 Å². The Morgan fingerprint density at radius 1 is 0.339 bits per heavy atom. The first kappa shape index (κ1) is 48.4. The molecule has 3 aliphatic rings. The monoisotopic (exact) mass is 850 g/mol. The fourth-order valence-electron chi connectivity index (χ4n) is 6.57. The molecule has 0 amide bonds. The lowest BCUT2D eigenvalue weighted by Gasteiger charge is -2.50. The van der Waals surface area contributed by atoms with Crippen molar-refractivity contribution in [1.82, 2.24) is 0 Å². The fraction of sp³-hybridized carbons (Fsp3) is 0.750. The molecule has 0 aromatic carbocycles. The molecular weight excluding hydrogens is 800 g/mol. The van der Waals surface area contributed by atoms with Gasteiger partial charge < -0.3 is 66.3 Å². The Balaban J connectivity index is 2.23. The van der Waals surface area contributed by atoms with Crippen LogP contribution >= 0.6 is 0 Å². The molecule has 23 nitrogen and oxygen atoms in total. The van der Waals surface area contributed by atoms with Gasteiger partial charge in [-0.3, -0.25) is 43.2 Å². The summed E-state index contributed by atoms with van der Waals surface area (Å²) in [4.78, 5) is 111. The molecule has 0 aromatic rings. The molecule has 59 heavy (non-hydrogen) atoms. The van der Waals surface area contributed by atoms with Crippen LogP contribution in [0.5, 0.6) is 0 Å². The summed E-state index contributed by atoms with van der Waals surface area (Å²) in [7, 11) is 0. The molecule has 15 atom stereocenters. The van der Waals surface area contributed by atoms with Crippen molar-refractivity contribution in [3.05, 3.63) is 0 Å². The van der Waals surface area contributed by atoms with Gasteiger partial charge in [-0.25, -0.2) is 0 Å². The van der Waals surface area contributed by atoms with E-state index in [0.29, 0.717) is 0 Å². The molecule has 0 bridgehead atoms. The van der Waals surface area contributed by atoms with Crippen molar-refractivity contribution in [3.63, 3.8) is 0 Å². The highest BCUT2D eigenvalue weighted by Gasteiger charge is 2.59. The van der Waals surface area contributed by atoms with E-state index in [-0.39, 0.29) is 0 Å². The van der Waals surface area contributed by atoms with Gasteiger partial charge in [0.15, 0.2) is 61.4 Å². The summed E-state index contributed by atoms with van der Waals surface area (Å²) in [5, 5.41) is 0. The van der Waals surface area contributed by atoms with Gasteiger partial charge in [0.25, 0.3) is 0 Å². The Kier molecular flexibility index (Phi) is 17.5. The van der Waals surface area contributed by atoms with Crippen LogP contribution < -0.4 is 0 Å². The number of rotatable bonds is 14. The number of esters is 9. The molecule has 0 unspecified atom stereocenters. The number of carbonyl (C=O) groups is 9. The van der Waals surface area contributed by atoms with Gasteiger partial charge in [0, 0.05) is 62.3 Å². The molecule has 3 aliphatic heterocycles. The molecule has 3 heterocycles. The number of carbonyl (C=O) groups excluding carboxylic acids is 9. The van der Waals surface area contributed by atoms with Gasteiger partial charge in [-0.1, -0.05) is 0 Å². The third-order valence-corrected chi connectivity index (χ3v) is 8.48. The zero-order chi connectivity index (χ0) is 44.5. The standard InChI is InChI=1S/C36H50O23/c1-13-25(49-16(4)38)28(51-18(6)40)31(54-21(9)43)34(47-13)58-27-24(12-46-15(3)37)57-36(56-23(11)45)33(30(27)53-20(8)42)59-35-32(55-22(10)44)29(52-19(7)41)26(14(2)48-35)50-17(5)39/h13-14,24-36H,12H2,1-11H3/t13-,14-,24+,25+,26+,27-,28+,29+,30-,31-,32-,33+,34+,35+,36-/m0/s1. The van der Waals surface area contributed by atoms with E-state index in [1.54, 1.807) is 0 Å². The van der Waals surface area contributed by atoms with Crippen LogP contribution in [0.3, 0.4) is 0 Å². The van der Waals surface area contributed by atoms with Crippen molar-refractivity contribution in [2.45, 2.75) is 168 Å². The second-order valence-corrected chi connectivity index (χ2v) is 13.6. The van der Waals surface area contributed by atoms with Crippen molar-refractivity contribution < 1.29 is 109 Å². The Morgan fingerprint density at radius 3 is 0.983 bits per heavy atom. The largest absolute Gasteiger partial charge is 0.463 e. The Labute approximate surface area is 338 Å². The van der Waals surface area contributed by atoms with Crippen molar-refractivity contribution in [2.24, 2.45) is 0 Å². The molecule has 3 rings (SSSR count). The van der Waals surface area contributed by atoms with Gasteiger partial charge in [-0.15, -0.1) is 0 Å². The molecule has 3 saturated heterocycles. The number of ether oxygens (including phenoxy) is 14. The minimum atomic E-state index is -1.87. The highest BCUT2D eigenvalue weighted by molar-refractivity contribution is 5.70. The minimum Gasteiger partial charge on any atom is -0.463 e. The SMILES string of the molecule is CC(=O)OC[C@H]1O[C@H](OC(C)=O)[C@H](O[C@H]2O[C@@H](C)[C@@H](OC(C)=O)[C@@H](OC(C)=O)[C@@H]2OC(C)=O)[C@@H](OC(C)=O)[C@H]1O[C@H]1O[C@@H](C)[C@@H](OC(C)=O)[C@@H](OC(C)=O)[C@@H]1OC(C)=O. The molecule has 0 radical (unpaired) electrons. The van der Waals surface area contributed by atoms with Crippen LogP contribution in [0.4, 0.5) is 0 Å². The number of hydrogen-bond acceptors (Lipinski definition) is 23. The van der Waals surface area contributed by atoms with E-state index < -0.39 is 152 Å². The summed E-state index contributed by atoms with van der Waals surface area (Å²) in [5.74, 6) is -8.02. The summed E-state index contributed by atoms with van der Waals surface area (Å²) in [6.45, 7) is 11.5.